The van der Waals surface area contributed by atoms with Crippen LogP contribution in [0.4, 0.5) is 0 Å². The highest BCUT2D eigenvalue weighted by Crippen LogP contribution is 2.13. The summed E-state index contributed by atoms with van der Waals surface area (Å²) in [5, 5.41) is 0. The standard InChI is InChI=1S/C13H17N3/c1-10-3-5-13(6-4-10)16-9-12(7-8-14)15-11(16)2/h3-6,9H,7-8,14H2,1-2H3. The molecule has 2 aromatic rings. The van der Waals surface area contributed by atoms with E-state index in [1.165, 1.54) is 5.56 Å². The van der Waals surface area contributed by atoms with E-state index in [-0.39, 0.29) is 0 Å². The van der Waals surface area contributed by atoms with E-state index in [1.807, 2.05) is 6.92 Å². The van der Waals surface area contributed by atoms with Crippen molar-refractivity contribution in [3.63, 3.8) is 0 Å². The van der Waals surface area contributed by atoms with Crippen LogP contribution in [0.15, 0.2) is 30.5 Å². The molecule has 3 heteroatoms. The first-order valence-corrected chi connectivity index (χ1v) is 5.52. The van der Waals surface area contributed by atoms with Crippen LogP contribution in [0.2, 0.25) is 0 Å². The number of imidazole rings is 1. The minimum absolute atomic E-state index is 0.643. The summed E-state index contributed by atoms with van der Waals surface area (Å²) in [6, 6.07) is 8.43. The van der Waals surface area contributed by atoms with E-state index in [1.54, 1.807) is 0 Å². The maximum absolute atomic E-state index is 5.53. The maximum Gasteiger partial charge on any atom is 0.110 e. The van der Waals surface area contributed by atoms with Crippen LogP contribution in [0.5, 0.6) is 0 Å². The average molecular weight is 215 g/mol. The van der Waals surface area contributed by atoms with Crippen molar-refractivity contribution >= 4 is 0 Å². The largest absolute Gasteiger partial charge is 0.330 e. The Morgan fingerprint density at radius 1 is 1.19 bits per heavy atom. The fourth-order valence-electron chi connectivity index (χ4n) is 1.77. The Kier molecular flexibility index (Phi) is 3.06. The zero-order chi connectivity index (χ0) is 11.5. The molecular formula is C13H17N3. The summed E-state index contributed by atoms with van der Waals surface area (Å²) >= 11 is 0. The number of benzene rings is 1. The summed E-state index contributed by atoms with van der Waals surface area (Å²) in [4.78, 5) is 4.48. The minimum Gasteiger partial charge on any atom is -0.330 e. The second-order valence-corrected chi connectivity index (χ2v) is 4.02. The van der Waals surface area contributed by atoms with Gasteiger partial charge in [0, 0.05) is 18.3 Å². The molecule has 0 aliphatic rings. The number of nitrogens with two attached hydrogens (primary N) is 1. The van der Waals surface area contributed by atoms with E-state index in [0.29, 0.717) is 6.54 Å². The number of hydrogen-bond acceptors (Lipinski definition) is 2. The molecule has 0 saturated carbocycles. The van der Waals surface area contributed by atoms with Gasteiger partial charge in [-0.05, 0) is 32.5 Å². The number of rotatable bonds is 3. The van der Waals surface area contributed by atoms with Gasteiger partial charge in [-0.1, -0.05) is 17.7 Å². The normalized spacial score (nSPS) is 10.7. The number of hydrogen-bond donors (Lipinski definition) is 1. The lowest BCUT2D eigenvalue weighted by Crippen LogP contribution is -2.02. The van der Waals surface area contributed by atoms with Crippen molar-refractivity contribution in [1.82, 2.24) is 9.55 Å². The number of aromatic nitrogens is 2. The summed E-state index contributed by atoms with van der Waals surface area (Å²) in [7, 11) is 0. The third-order valence-electron chi connectivity index (χ3n) is 2.64. The van der Waals surface area contributed by atoms with Gasteiger partial charge in [0.15, 0.2) is 0 Å². The molecule has 0 aliphatic carbocycles. The number of aryl methyl sites for hydroxylation is 2. The van der Waals surface area contributed by atoms with E-state index in [2.05, 4.69) is 46.9 Å². The van der Waals surface area contributed by atoms with Crippen LogP contribution in [-0.4, -0.2) is 16.1 Å². The van der Waals surface area contributed by atoms with Gasteiger partial charge in [-0.3, -0.25) is 0 Å². The summed E-state index contributed by atoms with van der Waals surface area (Å²) in [6.45, 7) is 4.74. The molecule has 0 fully saturated rings. The van der Waals surface area contributed by atoms with Crippen LogP contribution in [-0.2, 0) is 6.42 Å². The first-order chi connectivity index (χ1) is 7.70. The Labute approximate surface area is 95.9 Å². The molecular weight excluding hydrogens is 198 g/mol. The van der Waals surface area contributed by atoms with E-state index < -0.39 is 0 Å². The molecule has 0 amide bonds. The van der Waals surface area contributed by atoms with Crippen LogP contribution in [0.3, 0.4) is 0 Å². The number of nitrogens with zero attached hydrogens (tertiary/aromatic N) is 2. The predicted molar refractivity (Wildman–Crippen MR) is 65.8 cm³/mol. The summed E-state index contributed by atoms with van der Waals surface area (Å²) in [5.74, 6) is 1.01. The Morgan fingerprint density at radius 3 is 2.50 bits per heavy atom. The predicted octanol–water partition coefficient (Wildman–Crippen LogP) is 1.99. The molecule has 0 radical (unpaired) electrons. The molecule has 0 saturated heterocycles. The molecule has 16 heavy (non-hydrogen) atoms. The fraction of sp³-hybridized carbons (Fsp3) is 0.308. The Bertz CT molecular complexity index is 468. The zero-order valence-electron chi connectivity index (χ0n) is 9.77. The quantitative estimate of drug-likeness (QED) is 0.851. The second-order valence-electron chi connectivity index (χ2n) is 4.02. The molecule has 0 unspecified atom stereocenters. The van der Waals surface area contributed by atoms with Gasteiger partial charge in [-0.25, -0.2) is 4.98 Å². The monoisotopic (exact) mass is 215 g/mol. The molecule has 0 aliphatic heterocycles. The molecule has 1 aromatic carbocycles. The molecule has 84 valence electrons. The van der Waals surface area contributed by atoms with Crippen LogP contribution >= 0.6 is 0 Å². The third-order valence-corrected chi connectivity index (χ3v) is 2.64. The molecule has 2 rings (SSSR count). The molecule has 1 aromatic heterocycles. The third kappa shape index (κ3) is 2.14. The zero-order valence-corrected chi connectivity index (χ0v) is 9.77. The van der Waals surface area contributed by atoms with Crippen molar-refractivity contribution in [1.29, 1.82) is 0 Å². The van der Waals surface area contributed by atoms with Gasteiger partial charge in [0.25, 0.3) is 0 Å². The maximum atomic E-state index is 5.53. The van der Waals surface area contributed by atoms with Crippen molar-refractivity contribution in [3.8, 4) is 5.69 Å². The Morgan fingerprint density at radius 2 is 1.88 bits per heavy atom. The van der Waals surface area contributed by atoms with Crippen LogP contribution in [0, 0.1) is 13.8 Å². The molecule has 0 bridgehead atoms. The molecule has 1 heterocycles. The summed E-state index contributed by atoms with van der Waals surface area (Å²) < 4.78 is 2.10. The molecule has 0 spiro atoms. The van der Waals surface area contributed by atoms with E-state index in [0.717, 1.165) is 23.6 Å². The highest BCUT2D eigenvalue weighted by molar-refractivity contribution is 5.36. The van der Waals surface area contributed by atoms with Gasteiger partial charge >= 0.3 is 0 Å². The van der Waals surface area contributed by atoms with Gasteiger partial charge in [-0.2, -0.15) is 0 Å². The molecule has 3 nitrogen and oxygen atoms in total. The van der Waals surface area contributed by atoms with Gasteiger partial charge < -0.3 is 10.3 Å². The first-order valence-electron chi connectivity index (χ1n) is 5.52. The lowest BCUT2D eigenvalue weighted by Gasteiger charge is -2.04. The second kappa shape index (κ2) is 4.49. The van der Waals surface area contributed by atoms with E-state index >= 15 is 0 Å². The van der Waals surface area contributed by atoms with Crippen LogP contribution in [0.1, 0.15) is 17.1 Å². The van der Waals surface area contributed by atoms with Crippen LogP contribution < -0.4 is 5.73 Å². The van der Waals surface area contributed by atoms with Crippen molar-refractivity contribution in [2.45, 2.75) is 20.3 Å². The van der Waals surface area contributed by atoms with E-state index in [9.17, 15) is 0 Å². The minimum atomic E-state index is 0.643. The van der Waals surface area contributed by atoms with Gasteiger partial charge in [-0.15, -0.1) is 0 Å². The first kappa shape index (κ1) is 10.9. The summed E-state index contributed by atoms with van der Waals surface area (Å²) in [6.07, 6.45) is 2.90. The van der Waals surface area contributed by atoms with Crippen molar-refractivity contribution in [3.05, 3.63) is 47.5 Å². The smallest absolute Gasteiger partial charge is 0.110 e. The van der Waals surface area contributed by atoms with Crippen LogP contribution in [0.25, 0.3) is 5.69 Å². The average Bonchev–Trinajstić information content (AvgIpc) is 2.61. The van der Waals surface area contributed by atoms with Gasteiger partial charge in [0.05, 0.1) is 5.69 Å². The summed E-state index contributed by atoms with van der Waals surface area (Å²) in [5.41, 5.74) is 9.00. The van der Waals surface area contributed by atoms with Crippen molar-refractivity contribution in [2.75, 3.05) is 6.54 Å². The lowest BCUT2D eigenvalue weighted by atomic mass is 10.2. The topological polar surface area (TPSA) is 43.8 Å². The highest BCUT2D eigenvalue weighted by atomic mass is 15.1. The Hall–Kier alpha value is -1.61. The van der Waals surface area contributed by atoms with E-state index in [4.69, 9.17) is 5.73 Å². The van der Waals surface area contributed by atoms with Gasteiger partial charge in [0.2, 0.25) is 0 Å². The van der Waals surface area contributed by atoms with Crippen molar-refractivity contribution < 1.29 is 0 Å². The Balaban J connectivity index is 2.36. The van der Waals surface area contributed by atoms with Crippen molar-refractivity contribution in [2.24, 2.45) is 5.73 Å². The molecule has 2 N–H and O–H groups in total. The SMILES string of the molecule is Cc1ccc(-n2cc(CCN)nc2C)cc1. The highest BCUT2D eigenvalue weighted by Gasteiger charge is 2.04. The molecule has 0 atom stereocenters. The van der Waals surface area contributed by atoms with Gasteiger partial charge in [0.1, 0.15) is 5.82 Å². The lowest BCUT2D eigenvalue weighted by molar-refractivity contribution is 0.928. The fourth-order valence-corrected chi connectivity index (χ4v) is 1.77.